The summed E-state index contributed by atoms with van der Waals surface area (Å²) in [7, 11) is 0. The molecule has 1 aromatic carbocycles. The summed E-state index contributed by atoms with van der Waals surface area (Å²) in [5, 5.41) is 11.5. The molecule has 0 aliphatic carbocycles. The van der Waals surface area contributed by atoms with Gasteiger partial charge in [-0.05, 0) is 45.0 Å². The Hall–Kier alpha value is -3.09. The number of nitrogens with zero attached hydrogens (tertiary/aromatic N) is 4. The van der Waals surface area contributed by atoms with Gasteiger partial charge in [0.15, 0.2) is 0 Å². The van der Waals surface area contributed by atoms with Crippen molar-refractivity contribution in [1.82, 2.24) is 19.6 Å². The van der Waals surface area contributed by atoms with E-state index in [1.165, 1.54) is 0 Å². The summed E-state index contributed by atoms with van der Waals surface area (Å²) < 4.78 is 9.13. The predicted octanol–water partition coefficient (Wildman–Crippen LogP) is 3.11. The molecular formula is C19H23N5O2. The lowest BCUT2D eigenvalue weighted by atomic mass is 10.2. The Morgan fingerprint density at radius 3 is 2.58 bits per heavy atom. The fourth-order valence-electron chi connectivity index (χ4n) is 2.72. The van der Waals surface area contributed by atoms with Gasteiger partial charge in [0.2, 0.25) is 0 Å². The minimum absolute atomic E-state index is 0.178. The molecule has 1 amide bonds. The lowest BCUT2D eigenvalue weighted by molar-refractivity contribution is 0.102. The lowest BCUT2D eigenvalue weighted by Crippen LogP contribution is -2.11. The highest BCUT2D eigenvalue weighted by molar-refractivity contribution is 6.04. The van der Waals surface area contributed by atoms with Crippen LogP contribution in [-0.2, 0) is 13.1 Å². The summed E-state index contributed by atoms with van der Waals surface area (Å²) in [4.78, 5) is 12.3. The molecule has 0 atom stereocenters. The van der Waals surface area contributed by atoms with Gasteiger partial charge in [-0.1, -0.05) is 0 Å². The van der Waals surface area contributed by atoms with Crippen LogP contribution in [0.1, 0.15) is 35.5 Å². The average molecular weight is 353 g/mol. The van der Waals surface area contributed by atoms with Crippen molar-refractivity contribution in [3.63, 3.8) is 0 Å². The summed E-state index contributed by atoms with van der Waals surface area (Å²) >= 11 is 0. The average Bonchev–Trinajstić information content (AvgIpc) is 3.23. The van der Waals surface area contributed by atoms with E-state index >= 15 is 0 Å². The van der Waals surface area contributed by atoms with E-state index in [1.54, 1.807) is 35.1 Å². The molecule has 0 aliphatic rings. The van der Waals surface area contributed by atoms with Crippen LogP contribution in [0.15, 0.2) is 42.9 Å². The number of hydrogen-bond donors (Lipinski definition) is 1. The number of amides is 1. The minimum Gasteiger partial charge on any atom is -0.494 e. The van der Waals surface area contributed by atoms with Crippen molar-refractivity contribution in [2.75, 3.05) is 11.9 Å². The monoisotopic (exact) mass is 353 g/mol. The maximum atomic E-state index is 12.3. The van der Waals surface area contributed by atoms with Crippen molar-refractivity contribution in [3.8, 4) is 5.75 Å². The number of anilines is 1. The van der Waals surface area contributed by atoms with Crippen molar-refractivity contribution in [2.24, 2.45) is 0 Å². The molecule has 3 aromatic rings. The molecule has 0 saturated heterocycles. The van der Waals surface area contributed by atoms with E-state index in [1.807, 2.05) is 30.9 Å². The number of aromatic nitrogens is 4. The maximum absolute atomic E-state index is 12.3. The van der Waals surface area contributed by atoms with E-state index in [9.17, 15) is 4.79 Å². The Kier molecular flexibility index (Phi) is 5.36. The van der Waals surface area contributed by atoms with Crippen LogP contribution >= 0.6 is 0 Å². The van der Waals surface area contributed by atoms with Gasteiger partial charge >= 0.3 is 0 Å². The first kappa shape index (κ1) is 17.7. The quantitative estimate of drug-likeness (QED) is 0.708. The summed E-state index contributed by atoms with van der Waals surface area (Å²) in [5.41, 5.74) is 3.47. The first-order chi connectivity index (χ1) is 12.6. The highest BCUT2D eigenvalue weighted by Gasteiger charge is 2.10. The number of benzene rings is 1. The SMILES string of the molecule is CCOc1ccc(C(=O)Nc2cnn(Cc3cnn(CC)c3C)c2)cc1. The minimum atomic E-state index is -0.178. The zero-order valence-electron chi connectivity index (χ0n) is 15.3. The van der Waals surface area contributed by atoms with Crippen molar-refractivity contribution in [2.45, 2.75) is 33.9 Å². The third-order valence-corrected chi connectivity index (χ3v) is 4.16. The topological polar surface area (TPSA) is 74.0 Å². The van der Waals surface area contributed by atoms with E-state index in [0.29, 0.717) is 24.4 Å². The van der Waals surface area contributed by atoms with E-state index in [0.717, 1.165) is 23.6 Å². The van der Waals surface area contributed by atoms with Crippen LogP contribution in [0.4, 0.5) is 5.69 Å². The number of rotatable bonds is 7. The fraction of sp³-hybridized carbons (Fsp3) is 0.316. The van der Waals surface area contributed by atoms with Crippen molar-refractivity contribution >= 4 is 11.6 Å². The highest BCUT2D eigenvalue weighted by Crippen LogP contribution is 2.15. The first-order valence-electron chi connectivity index (χ1n) is 8.68. The second kappa shape index (κ2) is 7.86. The largest absolute Gasteiger partial charge is 0.494 e. The molecule has 0 fully saturated rings. The molecule has 2 aromatic heterocycles. The van der Waals surface area contributed by atoms with Crippen molar-refractivity contribution in [3.05, 3.63) is 59.7 Å². The molecular weight excluding hydrogens is 330 g/mol. The van der Waals surface area contributed by atoms with Gasteiger partial charge in [0.1, 0.15) is 5.75 Å². The number of carbonyl (C=O) groups is 1. The molecule has 136 valence electrons. The van der Waals surface area contributed by atoms with E-state index in [-0.39, 0.29) is 5.91 Å². The van der Waals surface area contributed by atoms with Crippen LogP contribution in [0.2, 0.25) is 0 Å². The summed E-state index contributed by atoms with van der Waals surface area (Å²) in [6.07, 6.45) is 5.32. The molecule has 7 heteroatoms. The number of hydrogen-bond acceptors (Lipinski definition) is 4. The molecule has 7 nitrogen and oxygen atoms in total. The third kappa shape index (κ3) is 3.93. The molecule has 0 aliphatic heterocycles. The Labute approximate surface area is 152 Å². The number of nitrogens with one attached hydrogen (secondary N) is 1. The van der Waals surface area contributed by atoms with Crippen molar-refractivity contribution < 1.29 is 9.53 Å². The summed E-state index contributed by atoms with van der Waals surface area (Å²) in [6.45, 7) is 8.09. The second-order valence-electron chi connectivity index (χ2n) is 5.91. The van der Waals surface area contributed by atoms with E-state index in [2.05, 4.69) is 22.4 Å². The number of aryl methyl sites for hydroxylation is 1. The second-order valence-corrected chi connectivity index (χ2v) is 5.91. The summed E-state index contributed by atoms with van der Waals surface area (Å²) in [6, 6.07) is 7.06. The molecule has 3 rings (SSSR count). The molecule has 2 heterocycles. The van der Waals surface area contributed by atoms with E-state index in [4.69, 9.17) is 4.74 Å². The predicted molar refractivity (Wildman–Crippen MR) is 99.5 cm³/mol. The molecule has 0 saturated carbocycles. The van der Waals surface area contributed by atoms with Crippen molar-refractivity contribution in [1.29, 1.82) is 0 Å². The molecule has 26 heavy (non-hydrogen) atoms. The zero-order valence-corrected chi connectivity index (χ0v) is 15.3. The van der Waals surface area contributed by atoms with Gasteiger partial charge in [-0.2, -0.15) is 10.2 Å². The number of carbonyl (C=O) groups excluding carboxylic acids is 1. The molecule has 0 unspecified atom stereocenters. The van der Waals surface area contributed by atoms with Gasteiger partial charge in [0.25, 0.3) is 5.91 Å². The van der Waals surface area contributed by atoms with Crippen LogP contribution in [0, 0.1) is 6.92 Å². The fourth-order valence-corrected chi connectivity index (χ4v) is 2.72. The first-order valence-corrected chi connectivity index (χ1v) is 8.68. The van der Waals surface area contributed by atoms with Gasteiger partial charge in [-0.3, -0.25) is 14.2 Å². The Morgan fingerprint density at radius 2 is 1.92 bits per heavy atom. The molecule has 0 bridgehead atoms. The lowest BCUT2D eigenvalue weighted by Gasteiger charge is -2.05. The molecule has 0 spiro atoms. The Morgan fingerprint density at radius 1 is 1.15 bits per heavy atom. The van der Waals surface area contributed by atoms with Gasteiger partial charge in [-0.25, -0.2) is 0 Å². The van der Waals surface area contributed by atoms with Crippen LogP contribution in [-0.4, -0.2) is 32.1 Å². The summed E-state index contributed by atoms with van der Waals surface area (Å²) in [5.74, 6) is 0.572. The van der Waals surface area contributed by atoms with Crippen LogP contribution in [0.5, 0.6) is 5.75 Å². The standard InChI is InChI=1S/C19H23N5O2/c1-4-24-14(3)16(10-21-24)12-23-13-17(11-20-23)22-19(25)15-6-8-18(9-7-15)26-5-2/h6-11,13H,4-5,12H2,1-3H3,(H,22,25). The van der Waals surface area contributed by atoms with Crippen LogP contribution in [0.25, 0.3) is 0 Å². The normalized spacial score (nSPS) is 10.7. The zero-order chi connectivity index (χ0) is 18.5. The van der Waals surface area contributed by atoms with Gasteiger partial charge < -0.3 is 10.1 Å². The molecule has 1 N–H and O–H groups in total. The highest BCUT2D eigenvalue weighted by atomic mass is 16.5. The smallest absolute Gasteiger partial charge is 0.255 e. The van der Waals surface area contributed by atoms with Gasteiger partial charge in [0, 0.05) is 29.6 Å². The molecule has 0 radical (unpaired) electrons. The van der Waals surface area contributed by atoms with Crippen LogP contribution in [0.3, 0.4) is 0 Å². The third-order valence-electron chi connectivity index (χ3n) is 4.16. The van der Waals surface area contributed by atoms with Gasteiger partial charge in [0.05, 0.1) is 31.2 Å². The Bertz CT molecular complexity index is 880. The number of ether oxygens (including phenoxy) is 1. The van der Waals surface area contributed by atoms with Gasteiger partial charge in [-0.15, -0.1) is 0 Å². The van der Waals surface area contributed by atoms with E-state index < -0.39 is 0 Å². The van der Waals surface area contributed by atoms with Crippen LogP contribution < -0.4 is 10.1 Å². The Balaban J connectivity index is 1.64. The maximum Gasteiger partial charge on any atom is 0.255 e.